The van der Waals surface area contributed by atoms with Crippen molar-refractivity contribution in [3.05, 3.63) is 56.7 Å². The Hall–Kier alpha value is -0.680. The van der Waals surface area contributed by atoms with Crippen LogP contribution in [0.5, 0.6) is 0 Å². The van der Waals surface area contributed by atoms with E-state index in [1.54, 1.807) is 0 Å². The monoisotopic (exact) mass is 351 g/mol. The predicted octanol–water partition coefficient (Wildman–Crippen LogP) is 5.23. The Bertz CT molecular complexity index is 658. The Labute approximate surface area is 129 Å². The lowest BCUT2D eigenvalue weighted by Gasteiger charge is -2.15. The third kappa shape index (κ3) is 2.77. The van der Waals surface area contributed by atoms with Gasteiger partial charge in [0.1, 0.15) is 0 Å². The molecule has 3 rings (SSSR count). The summed E-state index contributed by atoms with van der Waals surface area (Å²) in [5.41, 5.74) is 1.35. The minimum atomic E-state index is 0.378. The van der Waals surface area contributed by atoms with Gasteiger partial charge in [-0.05, 0) is 42.6 Å². The van der Waals surface area contributed by atoms with Crippen molar-refractivity contribution in [1.29, 1.82) is 0 Å². The first-order valence-corrected chi connectivity index (χ1v) is 8.64. The molecule has 0 saturated heterocycles. The minimum Gasteiger partial charge on any atom is -0.312 e. The molecule has 0 spiro atoms. The Kier molecular flexibility index (Phi) is 4.03. The van der Waals surface area contributed by atoms with Crippen LogP contribution in [0.25, 0.3) is 9.40 Å². The third-order valence-electron chi connectivity index (χ3n) is 3.23. The summed E-state index contributed by atoms with van der Waals surface area (Å²) in [6, 6.07) is 13.4. The van der Waals surface area contributed by atoms with Crippen molar-refractivity contribution in [2.24, 2.45) is 0 Å². The number of nitrogens with one attached hydrogen (secondary N) is 1. The number of halogens is 1. The smallest absolute Gasteiger partial charge is 0.0454 e. The van der Waals surface area contributed by atoms with Gasteiger partial charge in [-0.25, -0.2) is 0 Å². The van der Waals surface area contributed by atoms with Crippen LogP contribution in [0.15, 0.2) is 46.3 Å². The van der Waals surface area contributed by atoms with Gasteiger partial charge in [0, 0.05) is 24.8 Å². The maximum Gasteiger partial charge on any atom is 0.0454 e. The number of hydrogen-bond acceptors (Lipinski definition) is 3. The van der Waals surface area contributed by atoms with Crippen LogP contribution in [-0.2, 0) is 6.42 Å². The summed E-state index contributed by atoms with van der Waals surface area (Å²) in [5.74, 6) is 0. The summed E-state index contributed by atoms with van der Waals surface area (Å²) in [6.45, 7) is 0. The summed E-state index contributed by atoms with van der Waals surface area (Å²) in [4.78, 5) is 1.42. The predicted molar refractivity (Wildman–Crippen MR) is 89.3 cm³/mol. The molecular formula is C15H14BrNS2. The van der Waals surface area contributed by atoms with Gasteiger partial charge in [-0.2, -0.15) is 0 Å². The molecule has 1 N–H and O–H groups in total. The van der Waals surface area contributed by atoms with Crippen molar-refractivity contribution in [1.82, 2.24) is 5.32 Å². The second kappa shape index (κ2) is 5.75. The van der Waals surface area contributed by atoms with Gasteiger partial charge in [0.15, 0.2) is 0 Å². The SMILES string of the molecule is CNC(Cc1ccccc1Br)c1cc2sccc2s1. The highest BCUT2D eigenvalue weighted by Crippen LogP contribution is 2.35. The molecule has 3 aromatic rings. The lowest BCUT2D eigenvalue weighted by molar-refractivity contribution is 0.601. The third-order valence-corrected chi connectivity index (χ3v) is 6.21. The lowest BCUT2D eigenvalue weighted by atomic mass is 10.1. The highest BCUT2D eigenvalue weighted by Gasteiger charge is 2.15. The molecule has 1 aromatic carbocycles. The Morgan fingerprint density at radius 1 is 1.21 bits per heavy atom. The first kappa shape index (κ1) is 13.3. The fraction of sp³-hybridized carbons (Fsp3) is 0.200. The van der Waals surface area contributed by atoms with E-state index in [0.29, 0.717) is 6.04 Å². The van der Waals surface area contributed by atoms with Gasteiger partial charge in [0.05, 0.1) is 0 Å². The van der Waals surface area contributed by atoms with E-state index in [1.165, 1.54) is 24.3 Å². The van der Waals surface area contributed by atoms with Gasteiger partial charge < -0.3 is 5.32 Å². The van der Waals surface area contributed by atoms with Crippen LogP contribution in [0.3, 0.4) is 0 Å². The van der Waals surface area contributed by atoms with Crippen LogP contribution in [0, 0.1) is 0 Å². The second-order valence-corrected chi connectivity index (χ2v) is 7.35. The van der Waals surface area contributed by atoms with Crippen LogP contribution in [-0.4, -0.2) is 7.05 Å². The molecule has 0 bridgehead atoms. The normalized spacial score (nSPS) is 12.9. The molecule has 2 aromatic heterocycles. The van der Waals surface area contributed by atoms with Crippen LogP contribution in [0.4, 0.5) is 0 Å². The first-order valence-electron chi connectivity index (χ1n) is 6.15. The summed E-state index contributed by atoms with van der Waals surface area (Å²) >= 11 is 7.34. The van der Waals surface area contributed by atoms with E-state index < -0.39 is 0 Å². The minimum absolute atomic E-state index is 0.378. The zero-order chi connectivity index (χ0) is 13.2. The van der Waals surface area contributed by atoms with Crippen molar-refractivity contribution in [2.45, 2.75) is 12.5 Å². The molecule has 0 aliphatic rings. The number of rotatable bonds is 4. The van der Waals surface area contributed by atoms with Crippen LogP contribution < -0.4 is 5.32 Å². The van der Waals surface area contributed by atoms with Gasteiger partial charge in [-0.15, -0.1) is 22.7 Å². The van der Waals surface area contributed by atoms with Crippen molar-refractivity contribution in [2.75, 3.05) is 7.05 Å². The van der Waals surface area contributed by atoms with Crippen molar-refractivity contribution in [3.8, 4) is 0 Å². The summed E-state index contributed by atoms with van der Waals surface area (Å²) in [7, 11) is 2.04. The molecule has 2 heterocycles. The molecule has 0 saturated carbocycles. The number of fused-ring (bicyclic) bond motifs is 1. The highest BCUT2D eigenvalue weighted by molar-refractivity contribution is 9.10. The summed E-state index contributed by atoms with van der Waals surface area (Å²) in [6.07, 6.45) is 1.01. The van der Waals surface area contributed by atoms with E-state index in [1.807, 2.05) is 29.7 Å². The zero-order valence-electron chi connectivity index (χ0n) is 10.5. The van der Waals surface area contributed by atoms with E-state index in [9.17, 15) is 0 Å². The first-order chi connectivity index (χ1) is 9.28. The van der Waals surface area contributed by atoms with Crippen molar-refractivity contribution >= 4 is 48.0 Å². The largest absolute Gasteiger partial charge is 0.312 e. The molecule has 1 unspecified atom stereocenters. The van der Waals surface area contributed by atoms with Crippen LogP contribution in [0.2, 0.25) is 0 Å². The maximum atomic E-state index is 3.63. The summed E-state index contributed by atoms with van der Waals surface area (Å²) < 4.78 is 3.98. The van der Waals surface area contributed by atoms with Gasteiger partial charge >= 0.3 is 0 Å². The topological polar surface area (TPSA) is 12.0 Å². The standard InChI is InChI=1S/C15H14BrNS2/c1-17-12(8-10-4-2-3-5-11(10)16)14-9-15-13(19-14)6-7-18-15/h2-7,9,12,17H,8H2,1H3. The molecule has 0 amide bonds. The van der Waals surface area contributed by atoms with Gasteiger partial charge in [-0.3, -0.25) is 0 Å². The fourth-order valence-electron chi connectivity index (χ4n) is 2.18. The number of benzene rings is 1. The fourth-order valence-corrected chi connectivity index (χ4v) is 4.86. The molecule has 0 fully saturated rings. The lowest BCUT2D eigenvalue weighted by Crippen LogP contribution is -2.17. The van der Waals surface area contributed by atoms with Crippen LogP contribution in [0.1, 0.15) is 16.5 Å². The van der Waals surface area contributed by atoms with Gasteiger partial charge in [0.25, 0.3) is 0 Å². The van der Waals surface area contributed by atoms with Crippen molar-refractivity contribution in [3.63, 3.8) is 0 Å². The molecular weight excluding hydrogens is 338 g/mol. The molecule has 1 atom stereocenters. The van der Waals surface area contributed by atoms with E-state index in [2.05, 4.69) is 63.0 Å². The second-order valence-electron chi connectivity index (χ2n) is 4.43. The molecule has 0 radical (unpaired) electrons. The molecule has 0 aliphatic carbocycles. The molecule has 19 heavy (non-hydrogen) atoms. The maximum absolute atomic E-state index is 3.63. The van der Waals surface area contributed by atoms with E-state index >= 15 is 0 Å². The highest BCUT2D eigenvalue weighted by atomic mass is 79.9. The van der Waals surface area contributed by atoms with Gasteiger partial charge in [-0.1, -0.05) is 34.1 Å². The number of likely N-dealkylation sites (N-methyl/N-ethyl adjacent to an activating group) is 1. The quantitative estimate of drug-likeness (QED) is 0.678. The average Bonchev–Trinajstić information content (AvgIpc) is 2.98. The number of hydrogen-bond donors (Lipinski definition) is 1. The summed E-state index contributed by atoms with van der Waals surface area (Å²) in [5, 5.41) is 5.60. The molecule has 4 heteroatoms. The average molecular weight is 352 g/mol. The molecule has 98 valence electrons. The Morgan fingerprint density at radius 3 is 2.79 bits per heavy atom. The van der Waals surface area contributed by atoms with E-state index in [0.717, 1.165) is 6.42 Å². The molecule has 1 nitrogen and oxygen atoms in total. The van der Waals surface area contributed by atoms with Crippen molar-refractivity contribution < 1.29 is 0 Å². The number of thiophene rings is 2. The molecule has 0 aliphatic heterocycles. The van der Waals surface area contributed by atoms with E-state index in [4.69, 9.17) is 0 Å². The zero-order valence-corrected chi connectivity index (χ0v) is 13.7. The van der Waals surface area contributed by atoms with Crippen LogP contribution >= 0.6 is 38.6 Å². The Morgan fingerprint density at radius 2 is 2.05 bits per heavy atom. The van der Waals surface area contributed by atoms with Gasteiger partial charge in [0.2, 0.25) is 0 Å². The van der Waals surface area contributed by atoms with E-state index in [-0.39, 0.29) is 0 Å². The Balaban J connectivity index is 1.88.